The molecule has 25 heavy (non-hydrogen) atoms. The second kappa shape index (κ2) is 8.44. The molecule has 0 spiro atoms. The third-order valence-electron chi connectivity index (χ3n) is 4.19. The van der Waals surface area contributed by atoms with Gasteiger partial charge in [-0.15, -0.1) is 0 Å². The third kappa shape index (κ3) is 4.67. The molecule has 0 saturated heterocycles. The number of rotatable bonds is 6. The van der Waals surface area contributed by atoms with Crippen LogP contribution in [-0.2, 0) is 11.3 Å². The van der Waals surface area contributed by atoms with Crippen molar-refractivity contribution in [3.63, 3.8) is 0 Å². The van der Waals surface area contributed by atoms with E-state index in [0.29, 0.717) is 18.7 Å². The Hall–Kier alpha value is -2.66. The first-order valence-corrected chi connectivity index (χ1v) is 8.40. The number of carbonyl (C=O) groups excluding carboxylic acids is 2. The molecule has 5 nitrogen and oxygen atoms in total. The Bertz CT molecular complexity index is 734. The van der Waals surface area contributed by atoms with E-state index in [9.17, 15) is 9.59 Å². The van der Waals surface area contributed by atoms with E-state index >= 15 is 0 Å². The van der Waals surface area contributed by atoms with Crippen LogP contribution in [-0.4, -0.2) is 29.8 Å². The van der Waals surface area contributed by atoms with Gasteiger partial charge in [-0.05, 0) is 49.6 Å². The Balaban J connectivity index is 2.07. The van der Waals surface area contributed by atoms with Crippen molar-refractivity contribution in [3.05, 3.63) is 64.7 Å². The molecular weight excluding hydrogens is 314 g/mol. The minimum atomic E-state index is -0.203. The summed E-state index contributed by atoms with van der Waals surface area (Å²) in [5.74, 6) is -0.367. The molecule has 0 radical (unpaired) electrons. The van der Waals surface area contributed by atoms with Gasteiger partial charge in [-0.1, -0.05) is 30.3 Å². The molecule has 0 atom stereocenters. The van der Waals surface area contributed by atoms with Crippen LogP contribution in [0.1, 0.15) is 34.0 Å². The number of carbonyl (C=O) groups is 2. The number of benzene rings is 2. The van der Waals surface area contributed by atoms with Crippen molar-refractivity contribution in [1.82, 2.24) is 4.90 Å². The second-order valence-corrected chi connectivity index (χ2v) is 6.04. The normalized spacial score (nSPS) is 10.4. The Morgan fingerprint density at radius 3 is 2.16 bits per heavy atom. The van der Waals surface area contributed by atoms with E-state index in [0.717, 1.165) is 22.4 Å². The molecule has 2 amide bonds. The number of nitrogens with zero attached hydrogens (tertiary/aromatic N) is 1. The van der Waals surface area contributed by atoms with Crippen LogP contribution in [0.25, 0.3) is 0 Å². The van der Waals surface area contributed by atoms with E-state index < -0.39 is 0 Å². The van der Waals surface area contributed by atoms with Gasteiger partial charge in [-0.3, -0.25) is 9.59 Å². The molecule has 3 N–H and O–H groups in total. The molecule has 0 bridgehead atoms. The Morgan fingerprint density at radius 2 is 1.64 bits per heavy atom. The summed E-state index contributed by atoms with van der Waals surface area (Å²) in [7, 11) is 0. The summed E-state index contributed by atoms with van der Waals surface area (Å²) in [5.41, 5.74) is 9.91. The zero-order chi connectivity index (χ0) is 18.4. The lowest BCUT2D eigenvalue weighted by Crippen LogP contribution is -2.38. The summed E-state index contributed by atoms with van der Waals surface area (Å²) in [5, 5.41) is 2.92. The Labute approximate surface area is 148 Å². The van der Waals surface area contributed by atoms with Crippen molar-refractivity contribution in [2.45, 2.75) is 27.3 Å². The highest BCUT2D eigenvalue weighted by atomic mass is 16.2. The van der Waals surface area contributed by atoms with E-state index in [1.54, 1.807) is 12.1 Å². The molecule has 2 aromatic carbocycles. The van der Waals surface area contributed by atoms with Gasteiger partial charge in [0.15, 0.2) is 0 Å². The van der Waals surface area contributed by atoms with Gasteiger partial charge in [-0.2, -0.15) is 0 Å². The fourth-order valence-electron chi connectivity index (χ4n) is 2.66. The zero-order valence-electron chi connectivity index (χ0n) is 15.0. The summed E-state index contributed by atoms with van der Waals surface area (Å²) >= 11 is 0. The second-order valence-electron chi connectivity index (χ2n) is 6.04. The Morgan fingerprint density at radius 1 is 1.04 bits per heavy atom. The zero-order valence-corrected chi connectivity index (χ0v) is 15.0. The predicted octanol–water partition coefficient (Wildman–Crippen LogP) is 2.86. The highest BCUT2D eigenvalue weighted by Crippen LogP contribution is 2.19. The first-order valence-electron chi connectivity index (χ1n) is 8.40. The van der Waals surface area contributed by atoms with E-state index in [4.69, 9.17) is 5.73 Å². The van der Waals surface area contributed by atoms with Crippen molar-refractivity contribution in [1.29, 1.82) is 0 Å². The van der Waals surface area contributed by atoms with Crippen molar-refractivity contribution in [2.24, 2.45) is 5.73 Å². The molecule has 2 aromatic rings. The summed E-state index contributed by atoms with van der Waals surface area (Å²) < 4.78 is 0. The quantitative estimate of drug-likeness (QED) is 0.850. The van der Waals surface area contributed by atoms with Gasteiger partial charge in [-0.25, -0.2) is 0 Å². The molecule has 0 aliphatic heterocycles. The maximum atomic E-state index is 12.6. The van der Waals surface area contributed by atoms with Crippen LogP contribution in [0.4, 0.5) is 5.69 Å². The van der Waals surface area contributed by atoms with Crippen LogP contribution in [0.15, 0.2) is 42.5 Å². The molecule has 132 valence electrons. The third-order valence-corrected chi connectivity index (χ3v) is 4.19. The lowest BCUT2D eigenvalue weighted by molar-refractivity contribution is -0.116. The van der Waals surface area contributed by atoms with Crippen molar-refractivity contribution in [2.75, 3.05) is 18.4 Å². The molecule has 0 unspecified atom stereocenters. The number of likely N-dealkylation sites (N-methyl/N-ethyl adjacent to an activating group) is 1. The maximum absolute atomic E-state index is 12.6. The van der Waals surface area contributed by atoms with E-state index in [1.807, 2.05) is 51.1 Å². The van der Waals surface area contributed by atoms with Crippen LogP contribution in [0.2, 0.25) is 0 Å². The molecule has 2 rings (SSSR count). The SMILES string of the molecule is CCN(CC(=O)Nc1c(C)cccc1C)C(=O)c1ccc(CN)cc1. The molecule has 0 saturated carbocycles. The fraction of sp³-hybridized carbons (Fsp3) is 0.300. The number of nitrogens with one attached hydrogen (secondary N) is 1. The molecule has 5 heteroatoms. The fourth-order valence-corrected chi connectivity index (χ4v) is 2.66. The number of hydrogen-bond donors (Lipinski definition) is 2. The number of para-hydroxylation sites is 1. The maximum Gasteiger partial charge on any atom is 0.254 e. The van der Waals surface area contributed by atoms with Gasteiger partial charge >= 0.3 is 0 Å². The van der Waals surface area contributed by atoms with Gasteiger partial charge < -0.3 is 16.0 Å². The van der Waals surface area contributed by atoms with Gasteiger partial charge in [0.1, 0.15) is 6.54 Å². The predicted molar refractivity (Wildman–Crippen MR) is 100 cm³/mol. The van der Waals surface area contributed by atoms with E-state index in [-0.39, 0.29) is 18.4 Å². The summed E-state index contributed by atoms with van der Waals surface area (Å²) in [6.45, 7) is 6.66. The van der Waals surface area contributed by atoms with Crippen LogP contribution in [0, 0.1) is 13.8 Å². The van der Waals surface area contributed by atoms with Gasteiger partial charge in [0.25, 0.3) is 5.91 Å². The average Bonchev–Trinajstić information content (AvgIpc) is 2.62. The number of anilines is 1. The van der Waals surface area contributed by atoms with E-state index in [2.05, 4.69) is 5.32 Å². The first kappa shape index (κ1) is 18.7. The molecule has 0 heterocycles. The molecule has 0 aromatic heterocycles. The molecule has 0 aliphatic rings. The van der Waals surface area contributed by atoms with Gasteiger partial charge in [0.05, 0.1) is 0 Å². The standard InChI is InChI=1S/C20H25N3O2/c1-4-23(20(25)17-10-8-16(12-21)9-11-17)13-18(24)22-19-14(2)6-5-7-15(19)3/h5-11H,4,12-13,21H2,1-3H3,(H,22,24). The molecular formula is C20H25N3O2. The van der Waals surface area contributed by atoms with Gasteiger partial charge in [0.2, 0.25) is 5.91 Å². The number of nitrogens with two attached hydrogens (primary N) is 1. The van der Waals surface area contributed by atoms with Gasteiger partial charge in [0, 0.05) is 24.3 Å². The minimum Gasteiger partial charge on any atom is -0.330 e. The molecule has 0 fully saturated rings. The lowest BCUT2D eigenvalue weighted by atomic mass is 10.1. The summed E-state index contributed by atoms with van der Waals surface area (Å²) in [4.78, 5) is 26.5. The van der Waals surface area contributed by atoms with Crippen molar-refractivity contribution >= 4 is 17.5 Å². The smallest absolute Gasteiger partial charge is 0.254 e. The van der Waals surface area contributed by atoms with Crippen LogP contribution in [0.3, 0.4) is 0 Å². The van der Waals surface area contributed by atoms with Crippen molar-refractivity contribution < 1.29 is 9.59 Å². The average molecular weight is 339 g/mol. The van der Waals surface area contributed by atoms with Crippen LogP contribution < -0.4 is 11.1 Å². The molecule has 0 aliphatic carbocycles. The Kier molecular flexibility index (Phi) is 6.31. The van der Waals surface area contributed by atoms with Crippen molar-refractivity contribution in [3.8, 4) is 0 Å². The van der Waals surface area contributed by atoms with E-state index in [1.165, 1.54) is 4.90 Å². The summed E-state index contributed by atoms with van der Waals surface area (Å²) in [6.07, 6.45) is 0. The monoisotopic (exact) mass is 339 g/mol. The highest BCUT2D eigenvalue weighted by molar-refractivity contribution is 5.99. The summed E-state index contributed by atoms with van der Waals surface area (Å²) in [6, 6.07) is 13.0. The lowest BCUT2D eigenvalue weighted by Gasteiger charge is -2.21. The topological polar surface area (TPSA) is 75.4 Å². The first-order chi connectivity index (χ1) is 12.0. The van der Waals surface area contributed by atoms with Crippen LogP contribution in [0.5, 0.6) is 0 Å². The highest BCUT2D eigenvalue weighted by Gasteiger charge is 2.18. The minimum absolute atomic E-state index is 0.0156. The van der Waals surface area contributed by atoms with Crippen LogP contribution >= 0.6 is 0 Å². The number of aryl methyl sites for hydroxylation is 2. The largest absolute Gasteiger partial charge is 0.330 e. The number of amides is 2. The number of hydrogen-bond acceptors (Lipinski definition) is 3.